The smallest absolute Gasteiger partial charge is 0.191 e. The number of nitrogens with zero attached hydrogens (tertiary/aromatic N) is 2. The highest BCUT2D eigenvalue weighted by atomic mass is 127. The summed E-state index contributed by atoms with van der Waals surface area (Å²) in [5.41, 5.74) is 1.21. The van der Waals surface area contributed by atoms with E-state index in [0.717, 1.165) is 49.1 Å². The Kier molecular flexibility index (Phi) is 12.0. The predicted molar refractivity (Wildman–Crippen MR) is 119 cm³/mol. The Morgan fingerprint density at radius 2 is 2.00 bits per heavy atom. The molecule has 0 radical (unpaired) electrons. The standard InChI is InChI=1S/C19H25FN4S.HI/c1-2-22-19(24-13-10-16-5-3-11-21-15-16)23-12-4-14-25-18-8-6-17(20)7-9-18;/h3,5-9,11,15H,2,4,10,12-14H2,1H3,(H2,22,23,24);1H. The number of thioether (sulfide) groups is 1. The third kappa shape index (κ3) is 9.38. The van der Waals surface area contributed by atoms with Gasteiger partial charge in [0, 0.05) is 36.9 Å². The zero-order chi connectivity index (χ0) is 17.7. The molecular formula is C19H26FIN4S. The second-order valence-corrected chi connectivity index (χ2v) is 6.62. The van der Waals surface area contributed by atoms with Crippen LogP contribution in [0.2, 0.25) is 0 Å². The Labute approximate surface area is 176 Å². The molecule has 0 amide bonds. The average Bonchev–Trinajstić information content (AvgIpc) is 2.64. The molecule has 0 spiro atoms. The fraction of sp³-hybridized carbons (Fsp3) is 0.368. The summed E-state index contributed by atoms with van der Waals surface area (Å²) in [5.74, 6) is 1.62. The van der Waals surface area contributed by atoms with Crippen LogP contribution in [0, 0.1) is 5.82 Å². The van der Waals surface area contributed by atoms with Crippen molar-refractivity contribution in [2.24, 2.45) is 4.99 Å². The quantitative estimate of drug-likeness (QED) is 0.183. The van der Waals surface area contributed by atoms with Crippen LogP contribution in [0.5, 0.6) is 0 Å². The van der Waals surface area contributed by atoms with E-state index in [2.05, 4.69) is 33.6 Å². The van der Waals surface area contributed by atoms with E-state index >= 15 is 0 Å². The lowest BCUT2D eigenvalue weighted by Gasteiger charge is -2.11. The first-order valence-corrected chi connectivity index (χ1v) is 9.56. The molecule has 26 heavy (non-hydrogen) atoms. The highest BCUT2D eigenvalue weighted by molar-refractivity contribution is 14.0. The minimum Gasteiger partial charge on any atom is -0.357 e. The van der Waals surface area contributed by atoms with Gasteiger partial charge in [0.25, 0.3) is 0 Å². The van der Waals surface area contributed by atoms with Crippen LogP contribution in [0.15, 0.2) is 58.7 Å². The Morgan fingerprint density at radius 3 is 2.69 bits per heavy atom. The molecule has 2 aromatic rings. The maximum absolute atomic E-state index is 12.9. The molecule has 1 aromatic carbocycles. The molecule has 0 aliphatic carbocycles. The van der Waals surface area contributed by atoms with Gasteiger partial charge in [-0.25, -0.2) is 4.39 Å². The molecule has 0 atom stereocenters. The van der Waals surface area contributed by atoms with Crippen molar-refractivity contribution < 1.29 is 4.39 Å². The Hall–Kier alpha value is -1.35. The Morgan fingerprint density at radius 1 is 1.19 bits per heavy atom. The average molecular weight is 488 g/mol. The number of pyridine rings is 1. The van der Waals surface area contributed by atoms with E-state index in [9.17, 15) is 4.39 Å². The normalized spacial score (nSPS) is 10.9. The van der Waals surface area contributed by atoms with Crippen LogP contribution in [0.25, 0.3) is 0 Å². The second kappa shape index (κ2) is 13.8. The largest absolute Gasteiger partial charge is 0.357 e. The number of aromatic nitrogens is 1. The lowest BCUT2D eigenvalue weighted by molar-refractivity contribution is 0.626. The highest BCUT2D eigenvalue weighted by Gasteiger charge is 1.99. The number of benzene rings is 1. The van der Waals surface area contributed by atoms with E-state index in [1.165, 1.54) is 17.7 Å². The summed E-state index contributed by atoms with van der Waals surface area (Å²) in [7, 11) is 0. The Balaban J connectivity index is 0.00000338. The molecule has 0 saturated heterocycles. The zero-order valence-corrected chi connectivity index (χ0v) is 18.1. The van der Waals surface area contributed by atoms with Crippen LogP contribution in [-0.2, 0) is 6.42 Å². The van der Waals surface area contributed by atoms with Crippen molar-refractivity contribution >= 4 is 41.7 Å². The monoisotopic (exact) mass is 488 g/mol. The van der Waals surface area contributed by atoms with E-state index < -0.39 is 0 Å². The molecule has 4 nitrogen and oxygen atoms in total. The molecule has 0 aliphatic rings. The van der Waals surface area contributed by atoms with E-state index in [0.29, 0.717) is 0 Å². The van der Waals surface area contributed by atoms with Crippen molar-refractivity contribution in [1.29, 1.82) is 0 Å². The van der Waals surface area contributed by atoms with Crippen molar-refractivity contribution in [1.82, 2.24) is 15.6 Å². The van der Waals surface area contributed by atoms with Gasteiger partial charge >= 0.3 is 0 Å². The molecular weight excluding hydrogens is 462 g/mol. The first-order valence-electron chi connectivity index (χ1n) is 8.57. The van der Waals surface area contributed by atoms with Crippen molar-refractivity contribution in [3.8, 4) is 0 Å². The van der Waals surface area contributed by atoms with Gasteiger partial charge < -0.3 is 10.6 Å². The molecule has 1 heterocycles. The van der Waals surface area contributed by atoms with Crippen molar-refractivity contribution in [3.05, 3.63) is 60.2 Å². The number of nitrogens with one attached hydrogen (secondary N) is 2. The van der Waals surface area contributed by atoms with Gasteiger partial charge in [-0.15, -0.1) is 35.7 Å². The topological polar surface area (TPSA) is 49.3 Å². The van der Waals surface area contributed by atoms with Gasteiger partial charge in [0.05, 0.1) is 0 Å². The number of aliphatic imine (C=N–C) groups is 1. The van der Waals surface area contributed by atoms with Crippen LogP contribution < -0.4 is 10.6 Å². The molecule has 0 saturated carbocycles. The van der Waals surface area contributed by atoms with Gasteiger partial charge in [-0.2, -0.15) is 0 Å². The van der Waals surface area contributed by atoms with Crippen LogP contribution in [0.3, 0.4) is 0 Å². The molecule has 0 unspecified atom stereocenters. The van der Waals surface area contributed by atoms with Crippen molar-refractivity contribution in [2.45, 2.75) is 24.7 Å². The molecule has 2 rings (SSSR count). The van der Waals surface area contributed by atoms with E-state index in [4.69, 9.17) is 0 Å². The molecule has 7 heteroatoms. The summed E-state index contributed by atoms with van der Waals surface area (Å²) >= 11 is 1.73. The molecule has 1 aromatic heterocycles. The van der Waals surface area contributed by atoms with Crippen molar-refractivity contribution in [3.63, 3.8) is 0 Å². The number of guanidine groups is 1. The zero-order valence-electron chi connectivity index (χ0n) is 15.0. The van der Waals surface area contributed by atoms with Crippen LogP contribution >= 0.6 is 35.7 Å². The molecule has 2 N–H and O–H groups in total. The second-order valence-electron chi connectivity index (χ2n) is 5.45. The summed E-state index contributed by atoms with van der Waals surface area (Å²) in [5, 5.41) is 6.61. The molecule has 142 valence electrons. The Bertz CT molecular complexity index is 638. The third-order valence-corrected chi connectivity index (χ3v) is 4.53. The van der Waals surface area contributed by atoms with Crippen molar-refractivity contribution in [2.75, 3.05) is 25.4 Å². The predicted octanol–water partition coefficient (Wildman–Crippen LogP) is 4.12. The van der Waals surface area contributed by atoms with Gasteiger partial charge in [-0.3, -0.25) is 9.98 Å². The summed E-state index contributed by atoms with van der Waals surface area (Å²) in [6, 6.07) is 10.6. The summed E-state index contributed by atoms with van der Waals surface area (Å²) in [4.78, 5) is 9.81. The number of halogens is 2. The van der Waals surface area contributed by atoms with E-state index in [-0.39, 0.29) is 29.8 Å². The minimum atomic E-state index is -0.193. The number of hydrogen-bond donors (Lipinski definition) is 2. The van der Waals surface area contributed by atoms with E-state index in [1.54, 1.807) is 18.0 Å². The van der Waals surface area contributed by atoms with Gasteiger partial charge in [0.2, 0.25) is 0 Å². The molecule has 0 bridgehead atoms. The SMILES string of the molecule is CCNC(=NCCCSc1ccc(F)cc1)NCCc1cccnc1.I. The lowest BCUT2D eigenvalue weighted by Crippen LogP contribution is -2.38. The lowest BCUT2D eigenvalue weighted by atomic mass is 10.2. The van der Waals surface area contributed by atoms with Gasteiger partial charge in [0.1, 0.15) is 5.82 Å². The fourth-order valence-electron chi connectivity index (χ4n) is 2.19. The first-order chi connectivity index (χ1) is 12.3. The summed E-state index contributed by atoms with van der Waals surface area (Å²) in [6.07, 6.45) is 5.56. The fourth-order valence-corrected chi connectivity index (χ4v) is 3.03. The summed E-state index contributed by atoms with van der Waals surface area (Å²) < 4.78 is 12.9. The van der Waals surface area contributed by atoms with Crippen LogP contribution in [0.1, 0.15) is 18.9 Å². The third-order valence-electron chi connectivity index (χ3n) is 3.43. The maximum Gasteiger partial charge on any atom is 0.191 e. The van der Waals surface area contributed by atoms with Gasteiger partial charge in [-0.05, 0) is 61.4 Å². The first kappa shape index (κ1) is 22.7. The summed E-state index contributed by atoms with van der Waals surface area (Å²) in [6.45, 7) is 4.48. The van der Waals surface area contributed by atoms with Gasteiger partial charge in [-0.1, -0.05) is 6.07 Å². The van der Waals surface area contributed by atoms with Crippen LogP contribution in [0.4, 0.5) is 4.39 Å². The maximum atomic E-state index is 12.9. The van der Waals surface area contributed by atoms with Crippen LogP contribution in [-0.4, -0.2) is 36.3 Å². The van der Waals surface area contributed by atoms with E-state index in [1.807, 2.05) is 24.4 Å². The molecule has 0 fully saturated rings. The molecule has 0 aliphatic heterocycles. The highest BCUT2D eigenvalue weighted by Crippen LogP contribution is 2.18. The van der Waals surface area contributed by atoms with Gasteiger partial charge in [0.15, 0.2) is 5.96 Å². The number of rotatable bonds is 9. The number of hydrogen-bond acceptors (Lipinski definition) is 3. The minimum absolute atomic E-state index is 0.